The number of benzene rings is 1. The molecule has 6 heteroatoms. The first kappa shape index (κ1) is 17.5. The number of thioether (sulfide) groups is 1. The van der Waals surface area contributed by atoms with Crippen LogP contribution in [0.3, 0.4) is 0 Å². The van der Waals surface area contributed by atoms with E-state index in [4.69, 9.17) is 0 Å². The van der Waals surface area contributed by atoms with Crippen LogP contribution >= 0.6 is 11.8 Å². The molecule has 1 amide bonds. The van der Waals surface area contributed by atoms with Crippen molar-refractivity contribution in [2.24, 2.45) is 0 Å². The first-order valence-corrected chi connectivity index (χ1v) is 9.04. The highest BCUT2D eigenvalue weighted by molar-refractivity contribution is 7.99. The molecular weight excluding hydrogens is 308 g/mol. The van der Waals surface area contributed by atoms with Gasteiger partial charge in [0.15, 0.2) is 5.82 Å². The Labute approximate surface area is 141 Å². The van der Waals surface area contributed by atoms with Crippen molar-refractivity contribution in [1.29, 1.82) is 0 Å². The molecule has 0 saturated carbocycles. The van der Waals surface area contributed by atoms with Crippen molar-refractivity contribution < 1.29 is 4.79 Å². The SMILES string of the molecule is CCC[C@H](C)NC(=O)CSc1n[nH]c(-c2ccc(CC)cc2)n1. The molecule has 0 radical (unpaired) electrons. The number of hydrogen-bond acceptors (Lipinski definition) is 4. The number of H-pyrrole nitrogens is 1. The van der Waals surface area contributed by atoms with Crippen LogP contribution in [-0.2, 0) is 11.2 Å². The van der Waals surface area contributed by atoms with Crippen LogP contribution in [-0.4, -0.2) is 32.9 Å². The second-order valence-corrected chi connectivity index (χ2v) is 6.51. The zero-order valence-electron chi connectivity index (χ0n) is 13.9. The van der Waals surface area contributed by atoms with Gasteiger partial charge in [-0.15, -0.1) is 5.10 Å². The van der Waals surface area contributed by atoms with Crippen molar-refractivity contribution in [3.05, 3.63) is 29.8 Å². The van der Waals surface area contributed by atoms with Gasteiger partial charge in [0.05, 0.1) is 5.75 Å². The van der Waals surface area contributed by atoms with Crippen molar-refractivity contribution >= 4 is 17.7 Å². The molecule has 1 heterocycles. The Morgan fingerprint density at radius 2 is 2.04 bits per heavy atom. The third-order valence-electron chi connectivity index (χ3n) is 3.56. The van der Waals surface area contributed by atoms with Crippen LogP contribution in [0.2, 0.25) is 0 Å². The number of nitrogens with zero attached hydrogens (tertiary/aromatic N) is 2. The van der Waals surface area contributed by atoms with Crippen LogP contribution in [0.25, 0.3) is 11.4 Å². The molecule has 1 aromatic heterocycles. The van der Waals surface area contributed by atoms with E-state index in [1.54, 1.807) is 0 Å². The Hall–Kier alpha value is -1.82. The molecule has 2 aromatic rings. The lowest BCUT2D eigenvalue weighted by molar-refractivity contribution is -0.119. The van der Waals surface area contributed by atoms with Gasteiger partial charge in [-0.1, -0.05) is 56.3 Å². The van der Waals surface area contributed by atoms with Gasteiger partial charge >= 0.3 is 0 Å². The number of aryl methyl sites for hydroxylation is 1. The van der Waals surface area contributed by atoms with Gasteiger partial charge in [-0.25, -0.2) is 4.98 Å². The van der Waals surface area contributed by atoms with E-state index in [0.29, 0.717) is 10.9 Å². The van der Waals surface area contributed by atoms with Gasteiger partial charge in [0.25, 0.3) is 0 Å². The highest BCUT2D eigenvalue weighted by Gasteiger charge is 2.10. The molecule has 0 spiro atoms. The molecule has 1 atom stereocenters. The number of aromatic amines is 1. The monoisotopic (exact) mass is 332 g/mol. The van der Waals surface area contributed by atoms with E-state index in [0.717, 1.165) is 30.7 Å². The predicted octanol–water partition coefficient (Wildman–Crippen LogP) is 3.43. The van der Waals surface area contributed by atoms with E-state index in [-0.39, 0.29) is 11.9 Å². The second-order valence-electron chi connectivity index (χ2n) is 5.56. The van der Waals surface area contributed by atoms with E-state index < -0.39 is 0 Å². The van der Waals surface area contributed by atoms with Crippen LogP contribution in [0.4, 0.5) is 0 Å². The summed E-state index contributed by atoms with van der Waals surface area (Å²) in [6.45, 7) is 6.27. The molecule has 0 saturated heterocycles. The van der Waals surface area contributed by atoms with Gasteiger partial charge in [-0.05, 0) is 25.3 Å². The number of rotatable bonds is 8. The van der Waals surface area contributed by atoms with Gasteiger partial charge in [-0.3, -0.25) is 9.89 Å². The molecular formula is C17H24N4OS. The normalized spacial score (nSPS) is 12.1. The molecule has 0 unspecified atom stereocenters. The molecule has 0 aliphatic heterocycles. The van der Waals surface area contributed by atoms with Crippen molar-refractivity contribution in [3.8, 4) is 11.4 Å². The van der Waals surface area contributed by atoms with E-state index in [1.807, 2.05) is 19.1 Å². The smallest absolute Gasteiger partial charge is 0.230 e. The predicted molar refractivity (Wildman–Crippen MR) is 94.4 cm³/mol. The summed E-state index contributed by atoms with van der Waals surface area (Å²) in [5.74, 6) is 1.09. The zero-order chi connectivity index (χ0) is 16.7. The Kier molecular flexibility index (Phi) is 6.65. The number of nitrogens with one attached hydrogen (secondary N) is 2. The molecule has 5 nitrogen and oxygen atoms in total. The van der Waals surface area contributed by atoms with Gasteiger partial charge in [0, 0.05) is 11.6 Å². The van der Waals surface area contributed by atoms with Gasteiger partial charge in [-0.2, -0.15) is 0 Å². The fraction of sp³-hybridized carbons (Fsp3) is 0.471. The standard InChI is InChI=1S/C17H24N4OS/c1-4-6-12(3)18-15(22)11-23-17-19-16(20-21-17)14-9-7-13(5-2)8-10-14/h7-10,12H,4-6,11H2,1-3H3,(H,18,22)(H,19,20,21)/t12-/m0/s1. The quantitative estimate of drug-likeness (QED) is 0.727. The average Bonchev–Trinajstić information content (AvgIpc) is 3.02. The fourth-order valence-electron chi connectivity index (χ4n) is 2.29. The molecule has 2 rings (SSSR count). The largest absolute Gasteiger partial charge is 0.353 e. The maximum Gasteiger partial charge on any atom is 0.230 e. The number of hydrogen-bond donors (Lipinski definition) is 2. The van der Waals surface area contributed by atoms with Crippen LogP contribution in [0.15, 0.2) is 29.4 Å². The van der Waals surface area contributed by atoms with Gasteiger partial charge in [0.1, 0.15) is 0 Å². The lowest BCUT2D eigenvalue weighted by atomic mass is 10.1. The molecule has 0 aliphatic carbocycles. The highest BCUT2D eigenvalue weighted by Crippen LogP contribution is 2.19. The third-order valence-corrected chi connectivity index (χ3v) is 4.41. The molecule has 0 bridgehead atoms. The Bertz CT molecular complexity index is 624. The third kappa shape index (κ3) is 5.39. The zero-order valence-corrected chi connectivity index (χ0v) is 14.7. The van der Waals surface area contributed by atoms with Crippen molar-refractivity contribution in [2.45, 2.75) is 51.2 Å². The van der Waals surface area contributed by atoms with Crippen molar-refractivity contribution in [1.82, 2.24) is 20.5 Å². The molecule has 1 aromatic carbocycles. The van der Waals surface area contributed by atoms with E-state index in [2.05, 4.69) is 46.5 Å². The maximum atomic E-state index is 11.9. The van der Waals surface area contributed by atoms with E-state index >= 15 is 0 Å². The number of carbonyl (C=O) groups is 1. The van der Waals surface area contributed by atoms with Crippen LogP contribution in [0.1, 0.15) is 39.2 Å². The second kappa shape index (κ2) is 8.72. The Morgan fingerprint density at radius 1 is 1.30 bits per heavy atom. The minimum atomic E-state index is 0.0228. The minimum absolute atomic E-state index is 0.0228. The molecule has 0 fully saturated rings. The lowest BCUT2D eigenvalue weighted by Crippen LogP contribution is -2.33. The first-order valence-electron chi connectivity index (χ1n) is 8.06. The van der Waals surface area contributed by atoms with Crippen LogP contribution in [0.5, 0.6) is 0 Å². The number of carbonyl (C=O) groups excluding carboxylic acids is 1. The summed E-state index contributed by atoms with van der Waals surface area (Å²) in [7, 11) is 0. The fourth-order valence-corrected chi connectivity index (χ4v) is 2.90. The highest BCUT2D eigenvalue weighted by atomic mass is 32.2. The minimum Gasteiger partial charge on any atom is -0.353 e. The van der Waals surface area contributed by atoms with Gasteiger partial charge in [0.2, 0.25) is 11.1 Å². The average molecular weight is 332 g/mol. The summed E-state index contributed by atoms with van der Waals surface area (Å²) < 4.78 is 0. The van der Waals surface area contributed by atoms with Crippen molar-refractivity contribution in [2.75, 3.05) is 5.75 Å². The summed E-state index contributed by atoms with van der Waals surface area (Å²) >= 11 is 1.35. The first-order chi connectivity index (χ1) is 11.1. The van der Waals surface area contributed by atoms with Crippen LogP contribution in [0, 0.1) is 0 Å². The lowest BCUT2D eigenvalue weighted by Gasteiger charge is -2.11. The number of amides is 1. The molecule has 0 aliphatic rings. The summed E-state index contributed by atoms with van der Waals surface area (Å²) in [5, 5.41) is 10.7. The summed E-state index contributed by atoms with van der Waals surface area (Å²) in [6.07, 6.45) is 3.08. The maximum absolute atomic E-state index is 11.9. The van der Waals surface area contributed by atoms with E-state index in [9.17, 15) is 4.79 Å². The summed E-state index contributed by atoms with van der Waals surface area (Å²) in [5.41, 5.74) is 2.29. The molecule has 23 heavy (non-hydrogen) atoms. The van der Waals surface area contributed by atoms with Crippen LogP contribution < -0.4 is 5.32 Å². The van der Waals surface area contributed by atoms with E-state index in [1.165, 1.54) is 17.3 Å². The molecule has 124 valence electrons. The molecule has 2 N–H and O–H groups in total. The summed E-state index contributed by atoms with van der Waals surface area (Å²) in [4.78, 5) is 16.3. The number of aromatic nitrogens is 3. The van der Waals surface area contributed by atoms with Gasteiger partial charge < -0.3 is 5.32 Å². The topological polar surface area (TPSA) is 70.7 Å². The Morgan fingerprint density at radius 3 is 2.70 bits per heavy atom. The Balaban J connectivity index is 1.88. The van der Waals surface area contributed by atoms with Crippen molar-refractivity contribution in [3.63, 3.8) is 0 Å². The summed E-state index contributed by atoms with van der Waals surface area (Å²) in [6, 6.07) is 8.47.